The first-order valence-corrected chi connectivity index (χ1v) is 15.6. The van der Waals surface area contributed by atoms with Gasteiger partial charge < -0.3 is 20.6 Å². The molecule has 2 amide bonds. The van der Waals surface area contributed by atoms with Gasteiger partial charge in [0.2, 0.25) is 5.91 Å². The van der Waals surface area contributed by atoms with Crippen LogP contribution in [0, 0.1) is 34.5 Å². The number of unbranched alkanes of at least 4 members (excludes halogenated alkanes) is 1. The number of aliphatic carboxylic acids is 1. The minimum atomic E-state index is -1.09. The van der Waals surface area contributed by atoms with E-state index in [0.717, 1.165) is 50.7 Å². The van der Waals surface area contributed by atoms with E-state index in [1.165, 1.54) is 25.3 Å². The molecule has 9 nitrogen and oxygen atoms in total. The van der Waals surface area contributed by atoms with Crippen molar-refractivity contribution >= 4 is 29.3 Å². The molecule has 3 saturated carbocycles. The highest BCUT2D eigenvalue weighted by Crippen LogP contribution is 2.66. The smallest absolute Gasteiger partial charge is 0.326 e. The molecule has 3 N–H and O–H groups in total. The maximum atomic E-state index is 12.4. The molecule has 41 heavy (non-hydrogen) atoms. The van der Waals surface area contributed by atoms with E-state index in [4.69, 9.17) is 4.84 Å². The van der Waals surface area contributed by atoms with Crippen LogP contribution < -0.4 is 10.6 Å². The van der Waals surface area contributed by atoms with Crippen molar-refractivity contribution in [1.82, 2.24) is 10.6 Å². The van der Waals surface area contributed by atoms with E-state index >= 15 is 0 Å². The van der Waals surface area contributed by atoms with Crippen molar-refractivity contribution in [3.8, 4) is 0 Å². The number of carbonyl (C=O) groups is 4. The van der Waals surface area contributed by atoms with Gasteiger partial charge in [-0.15, -0.1) is 0 Å². The highest BCUT2D eigenvalue weighted by atomic mass is 16.6. The van der Waals surface area contributed by atoms with Crippen molar-refractivity contribution in [1.29, 1.82) is 0 Å². The third kappa shape index (κ3) is 6.38. The summed E-state index contributed by atoms with van der Waals surface area (Å²) in [6.45, 7) is 9.73. The molecule has 4 aliphatic rings. The number of ketones is 1. The van der Waals surface area contributed by atoms with Crippen LogP contribution in [0.2, 0.25) is 0 Å². The molecule has 0 radical (unpaired) electrons. The first kappa shape index (κ1) is 31.2. The number of fused-ring (bicyclic) bond motifs is 5. The first-order chi connectivity index (χ1) is 19.4. The molecule has 0 heterocycles. The van der Waals surface area contributed by atoms with Gasteiger partial charge in [-0.2, -0.15) is 0 Å². The largest absolute Gasteiger partial charge is 0.480 e. The molecule has 0 spiro atoms. The molecule has 0 aromatic rings. The quantitative estimate of drug-likeness (QED) is 0.305. The molecule has 4 aliphatic carbocycles. The number of hydrogen-bond acceptors (Lipinski definition) is 6. The van der Waals surface area contributed by atoms with Crippen LogP contribution in [-0.2, 0) is 24.0 Å². The summed E-state index contributed by atoms with van der Waals surface area (Å²) < 4.78 is 0. The van der Waals surface area contributed by atoms with Crippen molar-refractivity contribution in [3.63, 3.8) is 0 Å². The molecular formula is C32H49N3O6. The highest BCUT2D eigenvalue weighted by Gasteiger charge is 2.59. The molecule has 0 unspecified atom stereocenters. The van der Waals surface area contributed by atoms with Crippen LogP contribution in [0.1, 0.15) is 105 Å². The number of oxime groups is 1. The molecule has 0 bridgehead atoms. The lowest BCUT2D eigenvalue weighted by Crippen LogP contribution is -2.51. The second-order valence-corrected chi connectivity index (χ2v) is 13.5. The molecule has 0 saturated heterocycles. The van der Waals surface area contributed by atoms with Crippen LogP contribution >= 0.6 is 0 Å². The zero-order chi connectivity index (χ0) is 29.9. The van der Waals surface area contributed by atoms with Gasteiger partial charge in [-0.05, 0) is 106 Å². The number of hydrogen-bond donors (Lipinski definition) is 3. The van der Waals surface area contributed by atoms with Gasteiger partial charge >= 0.3 is 5.97 Å². The molecule has 9 heteroatoms. The number of carbonyl (C=O) groups excluding carboxylic acids is 3. The summed E-state index contributed by atoms with van der Waals surface area (Å²) in [7, 11) is 0. The normalized spacial score (nSPS) is 34.8. The molecule has 4 rings (SSSR count). The molecule has 8 atom stereocenters. The molecule has 228 valence electrons. The summed E-state index contributed by atoms with van der Waals surface area (Å²) in [6, 6.07) is -1.86. The van der Waals surface area contributed by atoms with Gasteiger partial charge in [0.05, 0.1) is 5.71 Å². The van der Waals surface area contributed by atoms with Gasteiger partial charge in [0.1, 0.15) is 17.9 Å². The van der Waals surface area contributed by atoms with Gasteiger partial charge in [0.15, 0.2) is 6.61 Å². The lowest BCUT2D eigenvalue weighted by atomic mass is 9.46. The SMILES string of the molecule is CCCC[C@H](NC(=O)[C@H](C)NC(=O)CO/N=C1/C=C2CC[C@H]3[C@@H](CC[C@]4(C)[C@H](C(C)=O)CC[C@@H]34)[C@@]2(C)CC1)C(=O)O. The predicted octanol–water partition coefficient (Wildman–Crippen LogP) is 4.79. The number of allylic oxidation sites excluding steroid dienone is 2. The molecule has 3 fully saturated rings. The number of rotatable bonds is 11. The zero-order valence-corrected chi connectivity index (χ0v) is 25.5. The zero-order valence-electron chi connectivity index (χ0n) is 25.5. The lowest BCUT2D eigenvalue weighted by molar-refractivity contribution is -0.142. The summed E-state index contributed by atoms with van der Waals surface area (Å²) >= 11 is 0. The Bertz CT molecular complexity index is 1100. The fourth-order valence-electron chi connectivity index (χ4n) is 8.80. The Hall–Kier alpha value is -2.71. The van der Waals surface area contributed by atoms with E-state index in [9.17, 15) is 24.3 Å². The number of nitrogens with one attached hydrogen (secondary N) is 2. The number of carboxylic acids is 1. The van der Waals surface area contributed by atoms with Crippen LogP contribution in [0.15, 0.2) is 16.8 Å². The monoisotopic (exact) mass is 571 g/mol. The maximum Gasteiger partial charge on any atom is 0.326 e. The average Bonchev–Trinajstić information content (AvgIpc) is 3.28. The third-order valence-electron chi connectivity index (χ3n) is 11.1. The van der Waals surface area contributed by atoms with E-state index in [1.807, 2.05) is 6.92 Å². The topological polar surface area (TPSA) is 134 Å². The summed E-state index contributed by atoms with van der Waals surface area (Å²) in [5, 5.41) is 18.6. The Kier molecular flexibility index (Phi) is 9.64. The Morgan fingerprint density at radius 3 is 2.51 bits per heavy atom. The highest BCUT2D eigenvalue weighted by molar-refractivity contribution is 5.96. The standard InChI is InChI=1S/C32H49N3O6/c1-6-7-8-27(30(39)40)34-29(38)19(2)33-28(37)18-41-35-22-13-15-31(4)21(17-22)9-10-23-25-12-11-24(20(3)36)32(25,5)16-14-26(23)31/h17,19,23-27H,6-16,18H2,1-5H3,(H,33,37)(H,34,38)(H,39,40)/b35-22+/t19-,23+,24-,25-,26+,27-,31-,32+/m0/s1. The van der Waals surface area contributed by atoms with Crippen molar-refractivity contribution in [2.75, 3.05) is 6.61 Å². The van der Waals surface area contributed by atoms with Crippen molar-refractivity contribution in [3.05, 3.63) is 11.6 Å². The minimum Gasteiger partial charge on any atom is -0.480 e. The average molecular weight is 572 g/mol. The molecule has 0 aliphatic heterocycles. The summed E-state index contributed by atoms with van der Waals surface area (Å²) in [5.74, 6) is 0.427. The fraction of sp³-hybridized carbons (Fsp3) is 0.781. The van der Waals surface area contributed by atoms with Crippen LogP contribution in [0.3, 0.4) is 0 Å². The van der Waals surface area contributed by atoms with Crippen molar-refractivity contribution in [2.24, 2.45) is 39.7 Å². The van der Waals surface area contributed by atoms with Crippen LogP contribution in [0.4, 0.5) is 0 Å². The Labute approximate surface area is 244 Å². The summed E-state index contributed by atoms with van der Waals surface area (Å²) in [6.07, 6.45) is 12.6. The summed E-state index contributed by atoms with van der Waals surface area (Å²) in [5.41, 5.74) is 2.57. The van der Waals surface area contributed by atoms with E-state index in [2.05, 4.69) is 35.7 Å². The van der Waals surface area contributed by atoms with Gasteiger partial charge in [-0.1, -0.05) is 44.3 Å². The lowest BCUT2D eigenvalue weighted by Gasteiger charge is -2.58. The van der Waals surface area contributed by atoms with E-state index < -0.39 is 29.9 Å². The van der Waals surface area contributed by atoms with Gasteiger partial charge in [-0.25, -0.2) is 4.79 Å². The van der Waals surface area contributed by atoms with Gasteiger partial charge in [0.25, 0.3) is 5.91 Å². The molecule has 0 aromatic carbocycles. The van der Waals surface area contributed by atoms with Crippen LogP contribution in [-0.4, -0.2) is 53.1 Å². The fourth-order valence-corrected chi connectivity index (χ4v) is 8.80. The Balaban J connectivity index is 1.30. The maximum absolute atomic E-state index is 12.4. The van der Waals surface area contributed by atoms with E-state index in [-0.39, 0.29) is 23.4 Å². The van der Waals surface area contributed by atoms with Gasteiger partial charge in [0, 0.05) is 5.92 Å². The van der Waals surface area contributed by atoms with Crippen molar-refractivity contribution in [2.45, 2.75) is 117 Å². The second-order valence-electron chi connectivity index (χ2n) is 13.5. The predicted molar refractivity (Wildman–Crippen MR) is 156 cm³/mol. The minimum absolute atomic E-state index is 0.142. The molecule has 0 aromatic heterocycles. The number of Topliss-reactive ketones (excluding diaryl/α,β-unsaturated/α-hetero) is 1. The number of nitrogens with zero attached hydrogens (tertiary/aromatic N) is 1. The van der Waals surface area contributed by atoms with E-state index in [1.54, 1.807) is 6.92 Å². The number of carboxylic acid groups (broad SMARTS) is 1. The Morgan fingerprint density at radius 1 is 1.07 bits per heavy atom. The van der Waals surface area contributed by atoms with E-state index in [0.29, 0.717) is 36.4 Å². The van der Waals surface area contributed by atoms with Crippen LogP contribution in [0.25, 0.3) is 0 Å². The van der Waals surface area contributed by atoms with Crippen LogP contribution in [0.5, 0.6) is 0 Å². The third-order valence-corrected chi connectivity index (χ3v) is 11.1. The van der Waals surface area contributed by atoms with Gasteiger partial charge in [-0.3, -0.25) is 14.4 Å². The van der Waals surface area contributed by atoms with Crippen molar-refractivity contribution < 1.29 is 29.1 Å². The first-order valence-electron chi connectivity index (χ1n) is 15.6. The Morgan fingerprint density at radius 2 is 1.83 bits per heavy atom. The number of amides is 2. The summed E-state index contributed by atoms with van der Waals surface area (Å²) in [4.78, 5) is 53.9. The second kappa shape index (κ2) is 12.7. The molecular weight excluding hydrogens is 522 g/mol.